The van der Waals surface area contributed by atoms with Gasteiger partial charge in [0.15, 0.2) is 0 Å². The zero-order valence-electron chi connectivity index (χ0n) is 18.5. The molecular weight excluding hydrogens is 406 g/mol. The summed E-state index contributed by atoms with van der Waals surface area (Å²) in [6.45, 7) is 5.88. The van der Waals surface area contributed by atoms with Crippen LogP contribution in [0.2, 0.25) is 0 Å². The maximum Gasteiger partial charge on any atom is 0.401 e. The summed E-state index contributed by atoms with van der Waals surface area (Å²) in [5.41, 5.74) is 3.09. The van der Waals surface area contributed by atoms with Crippen molar-refractivity contribution in [1.29, 1.82) is 0 Å². The van der Waals surface area contributed by atoms with Crippen LogP contribution < -0.4 is 4.57 Å². The average Bonchev–Trinajstić information content (AvgIpc) is 3.48. The molecule has 9 nitrogen and oxygen atoms in total. The number of amides is 3. The van der Waals surface area contributed by atoms with E-state index in [4.69, 9.17) is 4.99 Å². The molecule has 3 aromatic rings. The van der Waals surface area contributed by atoms with Gasteiger partial charge >= 0.3 is 12.0 Å². The average molecular weight is 433 g/mol. The van der Waals surface area contributed by atoms with Crippen LogP contribution in [0.3, 0.4) is 0 Å². The topological polar surface area (TPSA) is 79.6 Å². The van der Waals surface area contributed by atoms with Crippen molar-refractivity contribution >= 4 is 23.7 Å². The summed E-state index contributed by atoms with van der Waals surface area (Å²) in [5.74, 6) is 0.948. The first-order valence-corrected chi connectivity index (χ1v) is 10.7. The lowest BCUT2D eigenvalue weighted by Gasteiger charge is -2.33. The van der Waals surface area contributed by atoms with E-state index in [9.17, 15) is 9.59 Å². The lowest BCUT2D eigenvalue weighted by molar-refractivity contribution is -0.677. The standard InChI is InChI=1S/C23H26N7O2/c1-16-5-7-18(8-6-16)14-30-21(31)19-20(26(3)23(30)32)25-22-28(17(2)13-29(19)22)11-4-10-27-12-9-24-15-27/h5-9,12-13,15,19H,4,10-11,14H2,1-3H3/q+1. The number of fused-ring (bicyclic) bond motifs is 3. The predicted octanol–water partition coefficient (Wildman–Crippen LogP) is 2.36. The number of carbonyl (C=O) groups excluding carboxylic acids is 2. The smallest absolute Gasteiger partial charge is 0.337 e. The summed E-state index contributed by atoms with van der Waals surface area (Å²) in [6, 6.07) is 6.91. The van der Waals surface area contributed by atoms with Crippen LogP contribution >= 0.6 is 0 Å². The van der Waals surface area contributed by atoms with Crippen LogP contribution in [-0.4, -0.2) is 48.7 Å². The summed E-state index contributed by atoms with van der Waals surface area (Å²) in [5, 5.41) is 0. The number of likely N-dealkylation sites (N-methyl/N-ethyl adjacent to an activating group) is 1. The van der Waals surface area contributed by atoms with Crippen LogP contribution in [0, 0.1) is 13.8 Å². The summed E-state index contributed by atoms with van der Waals surface area (Å²) < 4.78 is 6.05. The maximum atomic E-state index is 13.4. The normalized spacial score (nSPS) is 17.6. The molecule has 9 heteroatoms. The SMILES string of the molecule is Cc1ccc(CN2C(=O)C3C(=Nc4n(CCCn5ccnc5)c(C)c[n+]43)N(C)C2=O)cc1. The van der Waals surface area contributed by atoms with E-state index >= 15 is 0 Å². The van der Waals surface area contributed by atoms with Gasteiger partial charge in [-0.2, -0.15) is 0 Å². The number of aliphatic imine (C=N–C) groups is 1. The zero-order valence-corrected chi connectivity index (χ0v) is 18.5. The Morgan fingerprint density at radius 3 is 2.59 bits per heavy atom. The van der Waals surface area contributed by atoms with Crippen LogP contribution in [0.15, 0.2) is 54.2 Å². The predicted molar refractivity (Wildman–Crippen MR) is 117 cm³/mol. The van der Waals surface area contributed by atoms with E-state index in [1.807, 2.05) is 59.6 Å². The van der Waals surface area contributed by atoms with Gasteiger partial charge in [-0.1, -0.05) is 34.8 Å². The van der Waals surface area contributed by atoms with Crippen LogP contribution in [0.5, 0.6) is 0 Å². The number of nitrogens with zero attached hydrogens (tertiary/aromatic N) is 7. The van der Waals surface area contributed by atoms with Crippen LogP contribution in [-0.2, 0) is 24.4 Å². The van der Waals surface area contributed by atoms with Crippen LogP contribution in [0.25, 0.3) is 0 Å². The van der Waals surface area contributed by atoms with Crippen molar-refractivity contribution in [3.8, 4) is 0 Å². The van der Waals surface area contributed by atoms with Crippen molar-refractivity contribution in [2.45, 2.75) is 45.9 Å². The highest BCUT2D eigenvalue weighted by atomic mass is 16.2. The van der Waals surface area contributed by atoms with Crippen LogP contribution in [0.1, 0.15) is 29.3 Å². The van der Waals surface area contributed by atoms with Crippen molar-refractivity contribution in [1.82, 2.24) is 23.9 Å². The second kappa shape index (κ2) is 7.74. The van der Waals surface area contributed by atoms with E-state index in [1.165, 1.54) is 9.80 Å². The fourth-order valence-corrected chi connectivity index (χ4v) is 4.36. The van der Waals surface area contributed by atoms with Gasteiger partial charge in [0.25, 0.3) is 5.91 Å². The van der Waals surface area contributed by atoms with Gasteiger partial charge in [-0.15, -0.1) is 0 Å². The molecule has 3 amide bonds. The van der Waals surface area contributed by atoms with Crippen LogP contribution in [0.4, 0.5) is 10.7 Å². The number of rotatable bonds is 6. The molecule has 164 valence electrons. The summed E-state index contributed by atoms with van der Waals surface area (Å²) >= 11 is 0. The lowest BCUT2D eigenvalue weighted by Crippen LogP contribution is -2.62. The number of aromatic nitrogens is 4. The van der Waals surface area contributed by atoms with Gasteiger partial charge < -0.3 is 4.57 Å². The molecule has 0 radical (unpaired) electrons. The molecule has 0 spiro atoms. The molecule has 1 atom stereocenters. The molecule has 1 saturated heterocycles. The third kappa shape index (κ3) is 3.30. The Morgan fingerprint density at radius 2 is 1.88 bits per heavy atom. The van der Waals surface area contributed by atoms with Gasteiger partial charge in [0.1, 0.15) is 11.9 Å². The van der Waals surface area contributed by atoms with Crippen molar-refractivity contribution < 1.29 is 14.2 Å². The number of hydrogen-bond acceptors (Lipinski definition) is 4. The molecule has 32 heavy (non-hydrogen) atoms. The zero-order chi connectivity index (χ0) is 22.4. The number of amidine groups is 1. The molecular formula is C23H26N7O2+. The first-order chi connectivity index (χ1) is 15.4. The summed E-state index contributed by atoms with van der Waals surface area (Å²) in [7, 11) is 1.69. The molecule has 0 bridgehead atoms. The minimum Gasteiger partial charge on any atom is -0.337 e. The van der Waals surface area contributed by atoms with Crippen molar-refractivity contribution in [3.63, 3.8) is 0 Å². The second-order valence-corrected chi connectivity index (χ2v) is 8.41. The highest BCUT2D eigenvalue weighted by molar-refractivity contribution is 6.18. The fourth-order valence-electron chi connectivity index (χ4n) is 4.36. The number of benzene rings is 1. The molecule has 4 heterocycles. The highest BCUT2D eigenvalue weighted by Crippen LogP contribution is 2.30. The fraction of sp³-hybridized carbons (Fsp3) is 0.348. The monoisotopic (exact) mass is 432 g/mol. The Balaban J connectivity index is 1.41. The van der Waals surface area contributed by atoms with E-state index in [0.717, 1.165) is 36.3 Å². The van der Waals surface area contributed by atoms with E-state index in [2.05, 4.69) is 9.55 Å². The Kier molecular flexibility index (Phi) is 4.88. The van der Waals surface area contributed by atoms with Crippen molar-refractivity contribution in [2.75, 3.05) is 7.05 Å². The number of carbonyl (C=O) groups is 2. The van der Waals surface area contributed by atoms with Gasteiger partial charge in [-0.3, -0.25) is 14.6 Å². The van der Waals surface area contributed by atoms with Crippen molar-refractivity contribution in [3.05, 3.63) is 66.0 Å². The maximum absolute atomic E-state index is 13.4. The summed E-state index contributed by atoms with van der Waals surface area (Å²) in [6.07, 6.45) is 8.37. The van der Waals surface area contributed by atoms with Gasteiger partial charge in [0, 0.05) is 26.0 Å². The van der Waals surface area contributed by atoms with Gasteiger partial charge in [-0.05, 0) is 25.8 Å². The van der Waals surface area contributed by atoms with E-state index in [0.29, 0.717) is 11.8 Å². The highest BCUT2D eigenvalue weighted by Gasteiger charge is 2.53. The molecule has 0 aliphatic carbocycles. The first-order valence-electron chi connectivity index (χ1n) is 10.7. The summed E-state index contributed by atoms with van der Waals surface area (Å²) in [4.78, 5) is 38.1. The third-order valence-electron chi connectivity index (χ3n) is 6.14. The number of imide groups is 1. The van der Waals surface area contributed by atoms with E-state index in [1.54, 1.807) is 19.6 Å². The Bertz CT molecular complexity index is 1210. The number of urea groups is 1. The van der Waals surface area contributed by atoms with Gasteiger partial charge in [0.2, 0.25) is 11.9 Å². The number of hydrogen-bond donors (Lipinski definition) is 0. The Morgan fingerprint density at radius 1 is 1.09 bits per heavy atom. The first kappa shape index (κ1) is 20.2. The Hall–Kier alpha value is -3.75. The minimum absolute atomic E-state index is 0.243. The minimum atomic E-state index is -0.619. The lowest BCUT2D eigenvalue weighted by atomic mass is 10.1. The second-order valence-electron chi connectivity index (χ2n) is 8.41. The van der Waals surface area contributed by atoms with Crippen molar-refractivity contribution in [2.24, 2.45) is 4.99 Å². The Labute approximate surface area is 186 Å². The molecule has 5 rings (SSSR count). The number of aryl methyl sites for hydroxylation is 3. The largest absolute Gasteiger partial charge is 0.401 e. The van der Waals surface area contributed by atoms with E-state index in [-0.39, 0.29) is 18.5 Å². The molecule has 0 N–H and O–H groups in total. The molecule has 2 aliphatic rings. The molecule has 0 saturated carbocycles. The molecule has 1 unspecified atom stereocenters. The molecule has 1 aromatic carbocycles. The van der Waals surface area contributed by atoms with E-state index < -0.39 is 6.04 Å². The molecule has 1 fully saturated rings. The molecule has 2 aliphatic heterocycles. The molecule has 2 aromatic heterocycles. The quantitative estimate of drug-likeness (QED) is 0.561. The number of imidazole rings is 2. The third-order valence-corrected chi connectivity index (χ3v) is 6.14. The van der Waals surface area contributed by atoms with Gasteiger partial charge in [-0.25, -0.2) is 18.9 Å². The van der Waals surface area contributed by atoms with Gasteiger partial charge in [0.05, 0.1) is 19.4 Å².